The van der Waals surface area contributed by atoms with E-state index in [9.17, 15) is 4.79 Å². The van der Waals surface area contributed by atoms with Crippen molar-refractivity contribution in [3.8, 4) is 0 Å². The molecule has 4 nitrogen and oxygen atoms in total. The molecule has 3 N–H and O–H groups in total. The predicted octanol–water partition coefficient (Wildman–Crippen LogP) is 1.95. The van der Waals surface area contributed by atoms with Gasteiger partial charge in [0, 0.05) is 18.1 Å². The van der Waals surface area contributed by atoms with E-state index >= 15 is 0 Å². The maximum Gasteiger partial charge on any atom is 0.253 e. The predicted molar refractivity (Wildman–Crippen MR) is 76.9 cm³/mol. The van der Waals surface area contributed by atoms with Crippen molar-refractivity contribution < 1.29 is 4.79 Å². The van der Waals surface area contributed by atoms with Crippen molar-refractivity contribution in [1.82, 2.24) is 10.3 Å². The lowest BCUT2D eigenvalue weighted by Crippen LogP contribution is -2.29. The van der Waals surface area contributed by atoms with Gasteiger partial charge in [0.1, 0.15) is 0 Å². The summed E-state index contributed by atoms with van der Waals surface area (Å²) in [6.45, 7) is 3.36. The average molecular weight is 257 g/mol. The lowest BCUT2D eigenvalue weighted by molar-refractivity contribution is 0.0949. The zero-order valence-electron chi connectivity index (χ0n) is 11.1. The van der Waals surface area contributed by atoms with Gasteiger partial charge in [-0.05, 0) is 31.0 Å². The van der Waals surface area contributed by atoms with Crippen molar-refractivity contribution >= 4 is 16.8 Å². The average Bonchev–Trinajstić information content (AvgIpc) is 2.44. The van der Waals surface area contributed by atoms with E-state index in [1.54, 1.807) is 12.3 Å². The van der Waals surface area contributed by atoms with Gasteiger partial charge >= 0.3 is 0 Å². The first-order valence-electron chi connectivity index (χ1n) is 6.54. The van der Waals surface area contributed by atoms with Gasteiger partial charge in [-0.15, -0.1) is 0 Å². The summed E-state index contributed by atoms with van der Waals surface area (Å²) in [6.07, 6.45) is 2.62. The molecular formula is C15H19N3O. The molecule has 0 saturated carbocycles. The molecule has 4 heteroatoms. The SMILES string of the molecule is CC(CCN)CNC(=O)c1cccc2cccnc12. The van der Waals surface area contributed by atoms with Crippen molar-refractivity contribution in [2.24, 2.45) is 11.7 Å². The lowest BCUT2D eigenvalue weighted by Gasteiger charge is -2.12. The van der Waals surface area contributed by atoms with E-state index in [1.165, 1.54) is 0 Å². The van der Waals surface area contributed by atoms with E-state index in [4.69, 9.17) is 5.73 Å². The number of benzene rings is 1. The van der Waals surface area contributed by atoms with Gasteiger partial charge in [0.05, 0.1) is 11.1 Å². The fraction of sp³-hybridized carbons (Fsp3) is 0.333. The summed E-state index contributed by atoms with van der Waals surface area (Å²) < 4.78 is 0. The normalized spacial score (nSPS) is 12.3. The Morgan fingerprint density at radius 2 is 2.16 bits per heavy atom. The highest BCUT2D eigenvalue weighted by Gasteiger charge is 2.11. The van der Waals surface area contributed by atoms with Crippen LogP contribution in [0.2, 0.25) is 0 Å². The van der Waals surface area contributed by atoms with Crippen LogP contribution in [0.1, 0.15) is 23.7 Å². The number of nitrogens with two attached hydrogens (primary N) is 1. The van der Waals surface area contributed by atoms with E-state index in [1.807, 2.05) is 24.3 Å². The van der Waals surface area contributed by atoms with Crippen molar-refractivity contribution in [3.63, 3.8) is 0 Å². The molecule has 0 spiro atoms. The highest BCUT2D eigenvalue weighted by Crippen LogP contribution is 2.15. The molecule has 2 rings (SSSR count). The number of amides is 1. The van der Waals surface area contributed by atoms with Gasteiger partial charge in [-0.2, -0.15) is 0 Å². The first-order valence-corrected chi connectivity index (χ1v) is 6.54. The largest absolute Gasteiger partial charge is 0.352 e. The van der Waals surface area contributed by atoms with E-state index in [0.29, 0.717) is 24.6 Å². The molecule has 1 unspecified atom stereocenters. The third-order valence-electron chi connectivity index (χ3n) is 3.15. The summed E-state index contributed by atoms with van der Waals surface area (Å²) >= 11 is 0. The minimum Gasteiger partial charge on any atom is -0.352 e. The molecule has 0 fully saturated rings. The smallest absolute Gasteiger partial charge is 0.253 e. The van der Waals surface area contributed by atoms with Crippen LogP contribution < -0.4 is 11.1 Å². The topological polar surface area (TPSA) is 68.0 Å². The molecule has 1 aromatic heterocycles. The van der Waals surface area contributed by atoms with Gasteiger partial charge < -0.3 is 11.1 Å². The number of nitrogens with one attached hydrogen (secondary N) is 1. The molecule has 0 aliphatic rings. The first kappa shape index (κ1) is 13.5. The van der Waals surface area contributed by atoms with Gasteiger partial charge in [0.15, 0.2) is 0 Å². The maximum absolute atomic E-state index is 12.2. The summed E-state index contributed by atoms with van der Waals surface area (Å²) in [4.78, 5) is 16.5. The number of carbonyl (C=O) groups is 1. The molecule has 19 heavy (non-hydrogen) atoms. The van der Waals surface area contributed by atoms with Crippen molar-refractivity contribution in [1.29, 1.82) is 0 Å². The Hall–Kier alpha value is -1.94. The summed E-state index contributed by atoms with van der Waals surface area (Å²) in [7, 11) is 0. The Morgan fingerprint density at radius 1 is 1.37 bits per heavy atom. The molecule has 1 heterocycles. The van der Waals surface area contributed by atoms with Crippen molar-refractivity contribution in [2.75, 3.05) is 13.1 Å². The second-order valence-corrected chi connectivity index (χ2v) is 4.77. The number of fused-ring (bicyclic) bond motifs is 1. The fourth-order valence-corrected chi connectivity index (χ4v) is 2.04. The second kappa shape index (κ2) is 6.29. The Balaban J connectivity index is 2.13. The molecule has 0 saturated heterocycles. The zero-order valence-corrected chi connectivity index (χ0v) is 11.1. The van der Waals surface area contributed by atoms with Gasteiger partial charge in [-0.1, -0.05) is 25.1 Å². The minimum atomic E-state index is -0.0758. The Bertz CT molecular complexity index is 563. The van der Waals surface area contributed by atoms with Gasteiger partial charge in [0.2, 0.25) is 0 Å². The van der Waals surface area contributed by atoms with Gasteiger partial charge in [-0.25, -0.2) is 0 Å². The number of hydrogen-bond donors (Lipinski definition) is 2. The van der Waals surface area contributed by atoms with Crippen LogP contribution in [0.25, 0.3) is 10.9 Å². The molecule has 2 aromatic rings. The molecule has 100 valence electrons. The van der Waals surface area contributed by atoms with Crippen LogP contribution in [0.15, 0.2) is 36.5 Å². The summed E-state index contributed by atoms with van der Waals surface area (Å²) in [6, 6.07) is 9.46. The first-order chi connectivity index (χ1) is 9.22. The molecule has 1 atom stereocenters. The quantitative estimate of drug-likeness (QED) is 0.860. The Morgan fingerprint density at radius 3 is 2.95 bits per heavy atom. The summed E-state index contributed by atoms with van der Waals surface area (Å²) in [5.74, 6) is 0.310. The van der Waals surface area contributed by atoms with Crippen LogP contribution in [0.5, 0.6) is 0 Å². The van der Waals surface area contributed by atoms with Crippen molar-refractivity contribution in [2.45, 2.75) is 13.3 Å². The van der Waals surface area contributed by atoms with Crippen LogP contribution in [-0.4, -0.2) is 24.0 Å². The highest BCUT2D eigenvalue weighted by atomic mass is 16.1. The zero-order chi connectivity index (χ0) is 13.7. The lowest BCUT2D eigenvalue weighted by atomic mass is 10.1. The number of nitrogens with zero attached hydrogens (tertiary/aromatic N) is 1. The Labute approximate surface area is 113 Å². The monoisotopic (exact) mass is 257 g/mol. The molecule has 1 amide bonds. The number of pyridine rings is 1. The molecule has 0 bridgehead atoms. The number of aromatic nitrogens is 1. The molecular weight excluding hydrogens is 238 g/mol. The Kier molecular flexibility index (Phi) is 4.47. The standard InChI is InChI=1S/C15H19N3O/c1-11(7-8-16)10-18-15(19)13-6-2-4-12-5-3-9-17-14(12)13/h2-6,9,11H,7-8,10,16H2,1H3,(H,18,19). The van der Waals surface area contributed by atoms with Crippen LogP contribution in [0.3, 0.4) is 0 Å². The van der Waals surface area contributed by atoms with E-state index < -0.39 is 0 Å². The highest BCUT2D eigenvalue weighted by molar-refractivity contribution is 6.05. The number of rotatable bonds is 5. The molecule has 0 aliphatic heterocycles. The van der Waals surface area contributed by atoms with Crippen LogP contribution in [0.4, 0.5) is 0 Å². The minimum absolute atomic E-state index is 0.0758. The second-order valence-electron chi connectivity index (χ2n) is 4.77. The van der Waals surface area contributed by atoms with Crippen LogP contribution >= 0.6 is 0 Å². The molecule has 1 aromatic carbocycles. The number of para-hydroxylation sites is 1. The van der Waals surface area contributed by atoms with Crippen LogP contribution in [0, 0.1) is 5.92 Å². The number of hydrogen-bond acceptors (Lipinski definition) is 3. The maximum atomic E-state index is 12.2. The van der Waals surface area contributed by atoms with E-state index in [2.05, 4.69) is 17.2 Å². The third-order valence-corrected chi connectivity index (χ3v) is 3.15. The van der Waals surface area contributed by atoms with Gasteiger partial charge in [0.25, 0.3) is 5.91 Å². The van der Waals surface area contributed by atoms with Crippen molar-refractivity contribution in [3.05, 3.63) is 42.1 Å². The molecule has 0 radical (unpaired) electrons. The fourth-order valence-electron chi connectivity index (χ4n) is 2.04. The van der Waals surface area contributed by atoms with Crippen LogP contribution in [-0.2, 0) is 0 Å². The summed E-state index contributed by atoms with van der Waals surface area (Å²) in [5, 5.41) is 3.92. The van der Waals surface area contributed by atoms with E-state index in [0.717, 1.165) is 17.3 Å². The number of carbonyl (C=O) groups excluding carboxylic acids is 1. The van der Waals surface area contributed by atoms with Gasteiger partial charge in [-0.3, -0.25) is 9.78 Å². The third kappa shape index (κ3) is 3.29. The summed E-state index contributed by atoms with van der Waals surface area (Å²) in [5.41, 5.74) is 6.87. The molecule has 0 aliphatic carbocycles. The van der Waals surface area contributed by atoms with E-state index in [-0.39, 0.29) is 5.91 Å².